The van der Waals surface area contributed by atoms with Crippen LogP contribution in [0.3, 0.4) is 0 Å². The molecule has 0 saturated heterocycles. The maximum atomic E-state index is 12.9. The van der Waals surface area contributed by atoms with Gasteiger partial charge < -0.3 is 15.0 Å². The van der Waals surface area contributed by atoms with Crippen LogP contribution in [0, 0.1) is 5.92 Å². The molecule has 26 heavy (non-hydrogen) atoms. The number of nitrogens with one attached hydrogen (secondary N) is 1. The topological polar surface area (TPSA) is 58.6 Å². The molecule has 0 saturated carbocycles. The molecule has 0 aromatic heterocycles. The van der Waals surface area contributed by atoms with Crippen LogP contribution in [-0.4, -0.2) is 41.9 Å². The first-order valence-electron chi connectivity index (χ1n) is 9.29. The maximum absolute atomic E-state index is 12.9. The average Bonchev–Trinajstić information content (AvgIpc) is 2.61. The number of likely N-dealkylation sites (N-methyl/N-ethyl adjacent to an activating group) is 1. The molecular weight excluding hydrogens is 328 g/mol. The second kappa shape index (κ2) is 8.88. The van der Waals surface area contributed by atoms with E-state index >= 15 is 0 Å². The molecular formula is C21H30N2O3. The number of hydrogen-bond acceptors (Lipinski definition) is 3. The maximum Gasteiger partial charge on any atom is 0.258 e. The fraction of sp³-hybridized carbons (Fsp3) is 0.524. The molecule has 0 bridgehead atoms. The Morgan fingerprint density at radius 1 is 1.12 bits per heavy atom. The van der Waals surface area contributed by atoms with Crippen molar-refractivity contribution in [3.63, 3.8) is 0 Å². The van der Waals surface area contributed by atoms with E-state index in [-0.39, 0.29) is 24.0 Å². The minimum Gasteiger partial charge on any atom is -0.490 e. The summed E-state index contributed by atoms with van der Waals surface area (Å²) in [4.78, 5) is 27.1. The van der Waals surface area contributed by atoms with E-state index in [1.165, 1.54) is 4.90 Å². The van der Waals surface area contributed by atoms with E-state index in [0.717, 1.165) is 12.8 Å². The molecule has 0 fully saturated rings. The summed E-state index contributed by atoms with van der Waals surface area (Å²) < 4.78 is 6.00. The smallest absolute Gasteiger partial charge is 0.258 e. The molecule has 0 spiro atoms. The second-order valence-electron chi connectivity index (χ2n) is 7.32. The van der Waals surface area contributed by atoms with Gasteiger partial charge in [0, 0.05) is 19.5 Å². The van der Waals surface area contributed by atoms with E-state index in [4.69, 9.17) is 4.74 Å². The number of ether oxygens (including phenoxy) is 1. The van der Waals surface area contributed by atoms with Crippen LogP contribution in [0.25, 0.3) is 0 Å². The van der Waals surface area contributed by atoms with Crippen molar-refractivity contribution in [2.24, 2.45) is 5.92 Å². The molecule has 0 radical (unpaired) electrons. The molecule has 5 nitrogen and oxygen atoms in total. The first-order chi connectivity index (χ1) is 12.3. The van der Waals surface area contributed by atoms with Gasteiger partial charge in [-0.1, -0.05) is 38.1 Å². The minimum atomic E-state index is -0.568. The van der Waals surface area contributed by atoms with Gasteiger partial charge >= 0.3 is 0 Å². The largest absolute Gasteiger partial charge is 0.490 e. The summed E-state index contributed by atoms with van der Waals surface area (Å²) in [5.74, 6) is 0.495. The Kier molecular flexibility index (Phi) is 6.83. The molecule has 2 rings (SSSR count). The number of hydrogen-bond donors (Lipinski definition) is 1. The minimum absolute atomic E-state index is 0.0381. The van der Waals surface area contributed by atoms with Crippen LogP contribution in [0.15, 0.2) is 36.4 Å². The lowest BCUT2D eigenvalue weighted by Crippen LogP contribution is -2.50. The van der Waals surface area contributed by atoms with Crippen molar-refractivity contribution < 1.29 is 14.3 Å². The van der Waals surface area contributed by atoms with Gasteiger partial charge in [-0.05, 0) is 38.3 Å². The first-order valence-corrected chi connectivity index (χ1v) is 9.29. The Hall–Kier alpha value is -2.30. The third kappa shape index (κ3) is 4.87. The summed E-state index contributed by atoms with van der Waals surface area (Å²) in [6.07, 6.45) is 5.64. The molecule has 1 aliphatic rings. The SMILES string of the molecule is CC(C)[C@@H]1C/C=C/C[C@H](C)Oc2ccccc2C(=O)N(C)[C@H](C)C(=O)N1. The van der Waals surface area contributed by atoms with Gasteiger partial charge in [0.25, 0.3) is 5.91 Å². The van der Waals surface area contributed by atoms with Crippen LogP contribution >= 0.6 is 0 Å². The average molecular weight is 358 g/mol. The lowest BCUT2D eigenvalue weighted by molar-refractivity contribution is -0.125. The number of carbonyl (C=O) groups excluding carboxylic acids is 2. The zero-order chi connectivity index (χ0) is 19.3. The molecule has 1 aromatic carbocycles. The van der Waals surface area contributed by atoms with Gasteiger partial charge in [-0.2, -0.15) is 0 Å². The molecule has 1 N–H and O–H groups in total. The number of nitrogens with zero attached hydrogens (tertiary/aromatic N) is 1. The Balaban J connectivity index is 2.36. The highest BCUT2D eigenvalue weighted by atomic mass is 16.5. The summed E-state index contributed by atoms with van der Waals surface area (Å²) in [5, 5.41) is 3.09. The van der Waals surface area contributed by atoms with Crippen molar-refractivity contribution in [3.05, 3.63) is 42.0 Å². The molecule has 1 aromatic rings. The highest BCUT2D eigenvalue weighted by Gasteiger charge is 2.27. The zero-order valence-electron chi connectivity index (χ0n) is 16.4. The van der Waals surface area contributed by atoms with E-state index in [0.29, 0.717) is 17.2 Å². The fourth-order valence-corrected chi connectivity index (χ4v) is 2.88. The number of benzene rings is 1. The highest BCUT2D eigenvalue weighted by Crippen LogP contribution is 2.23. The lowest BCUT2D eigenvalue weighted by atomic mass is 9.99. The Morgan fingerprint density at radius 3 is 2.46 bits per heavy atom. The van der Waals surface area contributed by atoms with Crippen molar-refractivity contribution in [1.29, 1.82) is 0 Å². The molecule has 0 unspecified atom stereocenters. The van der Waals surface area contributed by atoms with Gasteiger partial charge in [-0.25, -0.2) is 0 Å². The number of carbonyl (C=O) groups is 2. The predicted molar refractivity (Wildman–Crippen MR) is 103 cm³/mol. The molecule has 1 heterocycles. The molecule has 142 valence electrons. The number of fused-ring (bicyclic) bond motifs is 1. The predicted octanol–water partition coefficient (Wildman–Crippen LogP) is 3.41. The van der Waals surface area contributed by atoms with E-state index in [2.05, 4.69) is 31.3 Å². The van der Waals surface area contributed by atoms with Crippen LogP contribution in [0.4, 0.5) is 0 Å². The van der Waals surface area contributed by atoms with Crippen molar-refractivity contribution in [2.45, 2.75) is 58.7 Å². The monoisotopic (exact) mass is 358 g/mol. The van der Waals surface area contributed by atoms with E-state index in [1.807, 2.05) is 13.0 Å². The summed E-state index contributed by atoms with van der Waals surface area (Å²) >= 11 is 0. The van der Waals surface area contributed by atoms with Crippen LogP contribution in [-0.2, 0) is 4.79 Å². The van der Waals surface area contributed by atoms with Gasteiger partial charge in [0.1, 0.15) is 11.8 Å². The van der Waals surface area contributed by atoms with Gasteiger partial charge in [-0.15, -0.1) is 0 Å². The molecule has 1 aliphatic heterocycles. The van der Waals surface area contributed by atoms with Crippen molar-refractivity contribution in [2.75, 3.05) is 7.05 Å². The Morgan fingerprint density at radius 2 is 1.77 bits per heavy atom. The molecule has 0 aliphatic carbocycles. The van der Waals surface area contributed by atoms with Crippen LogP contribution in [0.1, 0.15) is 50.9 Å². The van der Waals surface area contributed by atoms with Crippen LogP contribution < -0.4 is 10.1 Å². The van der Waals surface area contributed by atoms with Gasteiger partial charge in [0.05, 0.1) is 11.7 Å². The Labute approximate surface area is 156 Å². The summed E-state index contributed by atoms with van der Waals surface area (Å²) in [6.45, 7) is 7.91. The van der Waals surface area contributed by atoms with Crippen LogP contribution in [0.5, 0.6) is 5.75 Å². The van der Waals surface area contributed by atoms with E-state index < -0.39 is 6.04 Å². The van der Waals surface area contributed by atoms with Crippen molar-refractivity contribution >= 4 is 11.8 Å². The Bertz CT molecular complexity index is 669. The summed E-state index contributed by atoms with van der Waals surface area (Å²) in [6, 6.07) is 6.66. The number of amides is 2. The molecule has 2 amide bonds. The third-order valence-corrected chi connectivity index (χ3v) is 4.88. The van der Waals surface area contributed by atoms with Gasteiger partial charge in [0.15, 0.2) is 0 Å². The van der Waals surface area contributed by atoms with Crippen LogP contribution in [0.2, 0.25) is 0 Å². The fourth-order valence-electron chi connectivity index (χ4n) is 2.88. The first kappa shape index (κ1) is 20.0. The second-order valence-corrected chi connectivity index (χ2v) is 7.32. The number of rotatable bonds is 1. The number of para-hydroxylation sites is 1. The zero-order valence-corrected chi connectivity index (χ0v) is 16.4. The van der Waals surface area contributed by atoms with E-state index in [9.17, 15) is 9.59 Å². The van der Waals surface area contributed by atoms with Gasteiger partial charge in [-0.3, -0.25) is 9.59 Å². The lowest BCUT2D eigenvalue weighted by Gasteiger charge is -2.29. The highest BCUT2D eigenvalue weighted by molar-refractivity contribution is 5.99. The molecule has 3 atom stereocenters. The van der Waals surface area contributed by atoms with E-state index in [1.54, 1.807) is 32.2 Å². The van der Waals surface area contributed by atoms with Crippen molar-refractivity contribution in [3.8, 4) is 5.75 Å². The summed E-state index contributed by atoms with van der Waals surface area (Å²) in [7, 11) is 1.66. The molecule has 5 heteroatoms. The standard InChI is InChI=1S/C21H30N2O3/c1-14(2)18-12-8-6-10-15(3)26-19-13-9-7-11-17(19)21(25)23(5)16(4)20(24)22-18/h6-9,11,13-16,18H,10,12H2,1-5H3,(H,22,24)/b8-6+/t15-,16+,18-/m0/s1. The van der Waals surface area contributed by atoms with Gasteiger partial charge in [0.2, 0.25) is 5.91 Å². The quantitative estimate of drug-likeness (QED) is 0.783. The van der Waals surface area contributed by atoms with Crippen molar-refractivity contribution in [1.82, 2.24) is 10.2 Å². The summed E-state index contributed by atoms with van der Waals surface area (Å²) in [5.41, 5.74) is 0.475. The normalized spacial score (nSPS) is 26.5. The third-order valence-electron chi connectivity index (χ3n) is 4.88.